The monoisotopic (exact) mass is 859 g/mol. The van der Waals surface area contributed by atoms with E-state index in [4.69, 9.17) is 28.4 Å². The van der Waals surface area contributed by atoms with Crippen LogP contribution in [0.3, 0.4) is 0 Å². The second-order valence-electron chi connectivity index (χ2n) is 15.9. The maximum absolute atomic E-state index is 12.9. The molecule has 2 aliphatic rings. The number of rotatable bonds is 33. The van der Waals surface area contributed by atoms with Crippen LogP contribution >= 0.6 is 0 Å². The van der Waals surface area contributed by atoms with Crippen LogP contribution in [0.4, 0.5) is 0 Å². The number of esters is 2. The lowest BCUT2D eigenvalue weighted by molar-refractivity contribution is -0.332. The van der Waals surface area contributed by atoms with Crippen LogP contribution in [0.25, 0.3) is 0 Å². The molecule has 0 bridgehead atoms. The zero-order chi connectivity index (χ0) is 44.0. The second kappa shape index (κ2) is 33.3. The lowest BCUT2D eigenvalue weighted by Gasteiger charge is -2.42. The summed E-state index contributed by atoms with van der Waals surface area (Å²) in [5, 5.41) is 71.7. The van der Waals surface area contributed by atoms with Gasteiger partial charge in [-0.2, -0.15) is 0 Å². The zero-order valence-electron chi connectivity index (χ0n) is 36.2. The average Bonchev–Trinajstić information content (AvgIpc) is 3.24. The molecule has 348 valence electrons. The Hall–Kier alpha value is -2.28. The first-order valence-corrected chi connectivity index (χ1v) is 22.6. The maximum Gasteiger partial charge on any atom is 0.306 e. The third-order valence-corrected chi connectivity index (χ3v) is 10.6. The number of hydrogen-bond acceptors (Lipinski definition) is 15. The van der Waals surface area contributed by atoms with E-state index in [-0.39, 0.29) is 19.4 Å². The Labute approximate surface area is 357 Å². The number of ether oxygens (including phenoxy) is 6. The van der Waals surface area contributed by atoms with Gasteiger partial charge in [0.15, 0.2) is 18.7 Å². The number of carbonyl (C=O) groups is 2. The molecule has 2 saturated heterocycles. The Kier molecular flexibility index (Phi) is 29.9. The van der Waals surface area contributed by atoms with E-state index in [1.165, 1.54) is 51.4 Å². The first-order chi connectivity index (χ1) is 29.0. The fraction of sp³-hybridized carbons (Fsp3) is 0.822. The van der Waals surface area contributed by atoms with Gasteiger partial charge in [-0.3, -0.25) is 9.59 Å². The largest absolute Gasteiger partial charge is 0.462 e. The lowest BCUT2D eigenvalue weighted by Crippen LogP contribution is -2.61. The van der Waals surface area contributed by atoms with Crippen molar-refractivity contribution in [2.75, 3.05) is 26.4 Å². The molecule has 0 aromatic heterocycles. The van der Waals surface area contributed by atoms with E-state index >= 15 is 0 Å². The predicted octanol–water partition coefficient (Wildman–Crippen LogP) is 4.59. The topological polar surface area (TPSA) is 231 Å². The molecule has 2 heterocycles. The first-order valence-electron chi connectivity index (χ1n) is 22.6. The molecule has 15 heteroatoms. The van der Waals surface area contributed by atoms with Crippen molar-refractivity contribution in [1.82, 2.24) is 0 Å². The standard InChI is InChI=1S/C45H78O15/c1-3-5-7-9-11-12-13-14-15-16-17-18-19-20-22-24-26-28-37(48)58-33(30-55-36(47)27-25-23-21-10-8-6-4-2)31-56-44-43(54)41(52)39(50)35(60-44)32-57-45-42(53)40(51)38(49)34(29-46)59-45/h14-15,17-18,20,22,33-35,38-46,49-54H,3-13,16,19,21,23-32H2,1-2H3/b15-14+,18-17+,22-20+/t33-,34+,35+,38-,39-,40?,41?,42?,43?,44+,45+/m1/s1. The first kappa shape index (κ1) is 53.9. The molecule has 0 aromatic rings. The molecular weight excluding hydrogens is 780 g/mol. The molecule has 4 unspecified atom stereocenters. The summed E-state index contributed by atoms with van der Waals surface area (Å²) in [5.74, 6) is -0.995. The van der Waals surface area contributed by atoms with Gasteiger partial charge in [-0.1, -0.05) is 121 Å². The maximum atomic E-state index is 12.9. The SMILES string of the molecule is CCCCCCCC/C=C/C/C=C/C/C=C/CCCC(=O)O[C@H](COC(=O)CCCCCCCCC)CO[C@H]1O[C@@H](CO[C@H]2O[C@@H](CO)[C@@H](O)C(O)C2O)[C@@H](O)C(O)C1O. The van der Waals surface area contributed by atoms with E-state index in [1.807, 2.05) is 12.2 Å². The van der Waals surface area contributed by atoms with Crippen LogP contribution in [0.5, 0.6) is 0 Å². The summed E-state index contributed by atoms with van der Waals surface area (Å²) in [6.07, 6.45) is 15.1. The molecule has 2 fully saturated rings. The highest BCUT2D eigenvalue weighted by molar-refractivity contribution is 5.70. The highest BCUT2D eigenvalue weighted by atomic mass is 16.7. The number of carbonyl (C=O) groups excluding carboxylic acids is 2. The van der Waals surface area contributed by atoms with Gasteiger partial charge in [0.05, 0.1) is 19.8 Å². The molecule has 2 aliphatic heterocycles. The van der Waals surface area contributed by atoms with E-state index in [9.17, 15) is 45.3 Å². The molecule has 7 N–H and O–H groups in total. The number of aliphatic hydroxyl groups excluding tert-OH is 7. The van der Waals surface area contributed by atoms with Crippen molar-refractivity contribution in [2.24, 2.45) is 0 Å². The predicted molar refractivity (Wildman–Crippen MR) is 224 cm³/mol. The van der Waals surface area contributed by atoms with Gasteiger partial charge in [0, 0.05) is 12.8 Å². The van der Waals surface area contributed by atoms with E-state index < -0.39 is 99.3 Å². The summed E-state index contributed by atoms with van der Waals surface area (Å²) >= 11 is 0. The second-order valence-corrected chi connectivity index (χ2v) is 15.9. The van der Waals surface area contributed by atoms with Crippen molar-refractivity contribution in [1.29, 1.82) is 0 Å². The molecule has 60 heavy (non-hydrogen) atoms. The Morgan fingerprint density at radius 1 is 0.533 bits per heavy atom. The van der Waals surface area contributed by atoms with Crippen molar-refractivity contribution in [3.8, 4) is 0 Å². The number of allylic oxidation sites excluding steroid dienone is 6. The van der Waals surface area contributed by atoms with Gasteiger partial charge < -0.3 is 64.2 Å². The molecule has 0 spiro atoms. The van der Waals surface area contributed by atoms with E-state index in [2.05, 4.69) is 38.2 Å². The summed E-state index contributed by atoms with van der Waals surface area (Å²) in [5.41, 5.74) is 0. The van der Waals surface area contributed by atoms with Crippen LogP contribution in [0, 0.1) is 0 Å². The van der Waals surface area contributed by atoms with E-state index in [0.29, 0.717) is 19.3 Å². The molecule has 15 nitrogen and oxygen atoms in total. The average molecular weight is 859 g/mol. The van der Waals surface area contributed by atoms with Crippen LogP contribution < -0.4 is 0 Å². The molecule has 0 amide bonds. The van der Waals surface area contributed by atoms with Crippen molar-refractivity contribution < 1.29 is 73.8 Å². The molecule has 0 radical (unpaired) electrons. The van der Waals surface area contributed by atoms with E-state index in [0.717, 1.165) is 44.9 Å². The Morgan fingerprint density at radius 2 is 1.02 bits per heavy atom. The highest BCUT2D eigenvalue weighted by Crippen LogP contribution is 2.26. The van der Waals surface area contributed by atoms with Crippen LogP contribution in [0.1, 0.15) is 142 Å². The Bertz CT molecular complexity index is 1200. The minimum atomic E-state index is -1.77. The third-order valence-electron chi connectivity index (χ3n) is 10.6. The van der Waals surface area contributed by atoms with Gasteiger partial charge >= 0.3 is 11.9 Å². The number of unbranched alkanes of at least 4 members (excludes halogenated alkanes) is 13. The van der Waals surface area contributed by atoms with Gasteiger partial charge in [0.25, 0.3) is 0 Å². The summed E-state index contributed by atoms with van der Waals surface area (Å²) in [7, 11) is 0. The minimum Gasteiger partial charge on any atom is -0.462 e. The lowest BCUT2D eigenvalue weighted by atomic mass is 9.98. The molecule has 0 aromatic carbocycles. The molecule has 0 saturated carbocycles. The Morgan fingerprint density at radius 3 is 1.62 bits per heavy atom. The molecule has 11 atom stereocenters. The summed E-state index contributed by atoms with van der Waals surface area (Å²) in [6.45, 7) is 2.45. The molecular formula is C45H78O15. The normalized spacial score (nSPS) is 27.9. The van der Waals surface area contributed by atoms with Crippen molar-refractivity contribution in [3.05, 3.63) is 36.5 Å². The van der Waals surface area contributed by atoms with Crippen molar-refractivity contribution in [2.45, 2.75) is 210 Å². The molecule has 0 aliphatic carbocycles. The minimum absolute atomic E-state index is 0.0941. The zero-order valence-corrected chi connectivity index (χ0v) is 36.2. The third kappa shape index (κ3) is 22.2. The number of hydrogen-bond donors (Lipinski definition) is 7. The fourth-order valence-corrected chi connectivity index (χ4v) is 6.82. The molecule has 2 rings (SSSR count). The Balaban J connectivity index is 1.86. The van der Waals surface area contributed by atoms with Gasteiger partial charge in [-0.15, -0.1) is 0 Å². The van der Waals surface area contributed by atoms with Crippen molar-refractivity contribution >= 4 is 11.9 Å². The van der Waals surface area contributed by atoms with Crippen LogP contribution in [0.15, 0.2) is 36.5 Å². The van der Waals surface area contributed by atoms with Crippen LogP contribution in [-0.2, 0) is 38.0 Å². The highest BCUT2D eigenvalue weighted by Gasteiger charge is 2.47. The number of aliphatic hydroxyl groups is 7. The summed E-state index contributed by atoms with van der Waals surface area (Å²) < 4.78 is 33.3. The van der Waals surface area contributed by atoms with Crippen molar-refractivity contribution in [3.63, 3.8) is 0 Å². The van der Waals surface area contributed by atoms with Gasteiger partial charge in [0.1, 0.15) is 55.4 Å². The smallest absolute Gasteiger partial charge is 0.306 e. The van der Waals surface area contributed by atoms with Gasteiger partial charge in [-0.25, -0.2) is 0 Å². The van der Waals surface area contributed by atoms with Crippen LogP contribution in [0.2, 0.25) is 0 Å². The van der Waals surface area contributed by atoms with E-state index in [1.54, 1.807) is 0 Å². The summed E-state index contributed by atoms with van der Waals surface area (Å²) in [4.78, 5) is 25.4. The van der Waals surface area contributed by atoms with Gasteiger partial charge in [-0.05, 0) is 44.9 Å². The summed E-state index contributed by atoms with van der Waals surface area (Å²) in [6, 6.07) is 0. The van der Waals surface area contributed by atoms with Crippen LogP contribution in [-0.4, -0.2) is 142 Å². The van der Waals surface area contributed by atoms with Gasteiger partial charge in [0.2, 0.25) is 0 Å². The quantitative estimate of drug-likeness (QED) is 0.0272. The fourth-order valence-electron chi connectivity index (χ4n) is 6.82.